The van der Waals surface area contributed by atoms with E-state index in [1.54, 1.807) is 0 Å². The fourth-order valence-electron chi connectivity index (χ4n) is 3.45. The maximum atomic E-state index is 12.3. The molecule has 1 fully saturated rings. The molecule has 0 atom stereocenters. The number of benzene rings is 1. The number of H-pyrrole nitrogens is 1. The Labute approximate surface area is 147 Å². The number of likely N-dealkylation sites (tertiary alicyclic amines) is 1. The van der Waals surface area contributed by atoms with E-state index in [4.69, 9.17) is 4.74 Å². The number of carbonyl (C=O) groups excluding carboxylic acids is 1. The minimum Gasteiger partial charge on any atom is -0.381 e. The second-order valence-electron chi connectivity index (χ2n) is 7.15. The normalized spacial score (nSPS) is 16.0. The Morgan fingerprint density at radius 2 is 2.00 bits per heavy atom. The SMILES string of the molecule is CC(C)COCCC(=O)N1CCC(n2c(=O)[nH]c3ccccc32)CC1. The van der Waals surface area contributed by atoms with Gasteiger partial charge in [0.1, 0.15) is 0 Å². The lowest BCUT2D eigenvalue weighted by Gasteiger charge is -2.32. The number of rotatable bonds is 6. The molecule has 2 aromatic rings. The Balaban J connectivity index is 1.55. The van der Waals surface area contributed by atoms with Crippen molar-refractivity contribution in [2.45, 2.75) is 39.2 Å². The quantitative estimate of drug-likeness (QED) is 0.818. The van der Waals surface area contributed by atoms with Crippen molar-refractivity contribution in [3.63, 3.8) is 0 Å². The molecule has 0 spiro atoms. The largest absolute Gasteiger partial charge is 0.381 e. The number of hydrogen-bond acceptors (Lipinski definition) is 3. The number of nitrogens with one attached hydrogen (secondary N) is 1. The van der Waals surface area contributed by atoms with Crippen molar-refractivity contribution in [3.05, 3.63) is 34.7 Å². The average Bonchev–Trinajstić information content (AvgIpc) is 2.94. The van der Waals surface area contributed by atoms with Gasteiger partial charge in [0.15, 0.2) is 0 Å². The lowest BCUT2D eigenvalue weighted by Crippen LogP contribution is -2.40. The second-order valence-corrected chi connectivity index (χ2v) is 7.15. The summed E-state index contributed by atoms with van der Waals surface area (Å²) in [5.74, 6) is 0.633. The monoisotopic (exact) mass is 345 g/mol. The molecule has 3 rings (SSSR count). The zero-order chi connectivity index (χ0) is 17.8. The van der Waals surface area contributed by atoms with Gasteiger partial charge >= 0.3 is 5.69 Å². The molecule has 0 aliphatic carbocycles. The maximum Gasteiger partial charge on any atom is 0.326 e. The maximum absolute atomic E-state index is 12.3. The topological polar surface area (TPSA) is 67.3 Å². The third kappa shape index (κ3) is 4.12. The molecule has 1 aromatic heterocycles. The molecule has 0 saturated carbocycles. The predicted molar refractivity (Wildman–Crippen MR) is 97.7 cm³/mol. The Kier molecular flexibility index (Phi) is 5.58. The molecule has 6 heteroatoms. The average molecular weight is 345 g/mol. The van der Waals surface area contributed by atoms with Gasteiger partial charge in [0.2, 0.25) is 5.91 Å². The number of ether oxygens (including phenoxy) is 1. The fourth-order valence-corrected chi connectivity index (χ4v) is 3.45. The van der Waals surface area contributed by atoms with Crippen molar-refractivity contribution >= 4 is 16.9 Å². The molecule has 1 aliphatic rings. The third-order valence-electron chi connectivity index (χ3n) is 4.72. The van der Waals surface area contributed by atoms with E-state index in [9.17, 15) is 9.59 Å². The van der Waals surface area contributed by atoms with Crippen molar-refractivity contribution < 1.29 is 9.53 Å². The first kappa shape index (κ1) is 17.7. The number of hydrogen-bond donors (Lipinski definition) is 1. The smallest absolute Gasteiger partial charge is 0.326 e. The van der Waals surface area contributed by atoms with E-state index in [-0.39, 0.29) is 17.6 Å². The van der Waals surface area contributed by atoms with Gasteiger partial charge in [-0.3, -0.25) is 9.36 Å². The zero-order valence-corrected chi connectivity index (χ0v) is 15.0. The van der Waals surface area contributed by atoms with Crippen molar-refractivity contribution in [3.8, 4) is 0 Å². The first-order valence-electron chi connectivity index (χ1n) is 9.11. The highest BCUT2D eigenvalue weighted by Crippen LogP contribution is 2.25. The lowest BCUT2D eigenvalue weighted by molar-refractivity contribution is -0.133. The van der Waals surface area contributed by atoms with Crippen LogP contribution in [-0.4, -0.2) is 46.7 Å². The van der Waals surface area contributed by atoms with E-state index in [2.05, 4.69) is 18.8 Å². The van der Waals surface area contributed by atoms with E-state index >= 15 is 0 Å². The summed E-state index contributed by atoms with van der Waals surface area (Å²) in [4.78, 5) is 29.4. The van der Waals surface area contributed by atoms with Crippen LogP contribution in [0.5, 0.6) is 0 Å². The molecule has 6 nitrogen and oxygen atoms in total. The van der Waals surface area contributed by atoms with Gasteiger partial charge in [0.05, 0.1) is 24.1 Å². The summed E-state index contributed by atoms with van der Waals surface area (Å²) in [5.41, 5.74) is 1.75. The number of carbonyl (C=O) groups is 1. The number of amides is 1. The van der Waals surface area contributed by atoms with Crippen molar-refractivity contribution in [1.82, 2.24) is 14.5 Å². The first-order valence-corrected chi connectivity index (χ1v) is 9.11. The van der Waals surface area contributed by atoms with Crippen LogP contribution in [-0.2, 0) is 9.53 Å². The van der Waals surface area contributed by atoms with E-state index in [1.807, 2.05) is 33.7 Å². The summed E-state index contributed by atoms with van der Waals surface area (Å²) in [6.45, 7) is 6.76. The number of aromatic nitrogens is 2. The summed E-state index contributed by atoms with van der Waals surface area (Å²) in [7, 11) is 0. The number of para-hydroxylation sites is 2. The second kappa shape index (κ2) is 7.87. The Morgan fingerprint density at radius 1 is 1.28 bits per heavy atom. The first-order chi connectivity index (χ1) is 12.1. The minimum absolute atomic E-state index is 0.0620. The highest BCUT2D eigenvalue weighted by atomic mass is 16.5. The number of piperidine rings is 1. The van der Waals surface area contributed by atoms with Crippen molar-refractivity contribution in [2.24, 2.45) is 5.92 Å². The van der Waals surface area contributed by atoms with E-state index in [0.717, 1.165) is 23.9 Å². The zero-order valence-electron chi connectivity index (χ0n) is 15.0. The number of fused-ring (bicyclic) bond motifs is 1. The molecule has 1 amide bonds. The summed E-state index contributed by atoms with van der Waals surface area (Å²) < 4.78 is 7.35. The van der Waals surface area contributed by atoms with Crippen LogP contribution in [0.3, 0.4) is 0 Å². The minimum atomic E-state index is -0.0620. The molecule has 0 bridgehead atoms. The van der Waals surface area contributed by atoms with Crippen LogP contribution >= 0.6 is 0 Å². The molecular weight excluding hydrogens is 318 g/mol. The molecule has 25 heavy (non-hydrogen) atoms. The van der Waals surface area contributed by atoms with Gasteiger partial charge in [0.25, 0.3) is 0 Å². The standard InChI is InChI=1S/C19H27N3O3/c1-14(2)13-25-12-9-18(23)21-10-7-15(8-11-21)22-17-6-4-3-5-16(17)20-19(22)24/h3-6,14-15H,7-13H2,1-2H3,(H,20,24). The van der Waals surface area contributed by atoms with Crippen LogP contribution in [0.2, 0.25) is 0 Å². The molecule has 136 valence electrons. The number of nitrogens with zero attached hydrogens (tertiary/aromatic N) is 2. The van der Waals surface area contributed by atoms with E-state index < -0.39 is 0 Å². The molecule has 1 saturated heterocycles. The molecule has 1 aromatic carbocycles. The van der Waals surface area contributed by atoms with Crippen LogP contribution in [0, 0.1) is 5.92 Å². The van der Waals surface area contributed by atoms with Crippen LogP contribution in [0.4, 0.5) is 0 Å². The highest BCUT2D eigenvalue weighted by Gasteiger charge is 2.25. The summed E-state index contributed by atoms with van der Waals surface area (Å²) >= 11 is 0. The lowest BCUT2D eigenvalue weighted by atomic mass is 10.0. The molecule has 1 N–H and O–H groups in total. The van der Waals surface area contributed by atoms with Gasteiger partial charge in [-0.25, -0.2) is 4.79 Å². The molecular formula is C19H27N3O3. The van der Waals surface area contributed by atoms with E-state index in [0.29, 0.717) is 38.6 Å². The van der Waals surface area contributed by atoms with E-state index in [1.165, 1.54) is 0 Å². The predicted octanol–water partition coefficient (Wildman–Crippen LogP) is 2.56. The van der Waals surface area contributed by atoms with Gasteiger partial charge in [-0.2, -0.15) is 0 Å². The van der Waals surface area contributed by atoms with Gasteiger partial charge in [0, 0.05) is 25.7 Å². The van der Waals surface area contributed by atoms with Crippen molar-refractivity contribution in [2.75, 3.05) is 26.3 Å². The number of imidazole rings is 1. The molecule has 0 radical (unpaired) electrons. The fraction of sp³-hybridized carbons (Fsp3) is 0.579. The number of aromatic amines is 1. The summed E-state index contributed by atoms with van der Waals surface area (Å²) in [6.07, 6.45) is 2.05. The van der Waals surface area contributed by atoms with Gasteiger partial charge in [-0.15, -0.1) is 0 Å². The summed E-state index contributed by atoms with van der Waals surface area (Å²) in [5, 5.41) is 0. The molecule has 2 heterocycles. The van der Waals surface area contributed by atoms with Crippen LogP contribution in [0.25, 0.3) is 11.0 Å². The van der Waals surface area contributed by atoms with Gasteiger partial charge in [-0.1, -0.05) is 26.0 Å². The third-order valence-corrected chi connectivity index (χ3v) is 4.72. The Bertz CT molecular complexity index is 770. The van der Waals surface area contributed by atoms with Crippen molar-refractivity contribution in [1.29, 1.82) is 0 Å². The highest BCUT2D eigenvalue weighted by molar-refractivity contribution is 5.76. The van der Waals surface area contributed by atoms with Gasteiger partial charge in [-0.05, 0) is 30.9 Å². The Hall–Kier alpha value is -2.08. The Morgan fingerprint density at radius 3 is 2.72 bits per heavy atom. The van der Waals surface area contributed by atoms with Gasteiger partial charge < -0.3 is 14.6 Å². The van der Waals surface area contributed by atoms with Crippen LogP contribution < -0.4 is 5.69 Å². The molecule has 0 unspecified atom stereocenters. The molecule has 1 aliphatic heterocycles. The van der Waals surface area contributed by atoms with Crippen LogP contribution in [0.1, 0.15) is 39.2 Å². The summed E-state index contributed by atoms with van der Waals surface area (Å²) in [6, 6.07) is 7.90. The van der Waals surface area contributed by atoms with Crippen LogP contribution in [0.15, 0.2) is 29.1 Å².